The molecule has 0 atom stereocenters. The average molecular weight is 493 g/mol. The van der Waals surface area contributed by atoms with Crippen molar-refractivity contribution in [1.82, 2.24) is 0 Å². The van der Waals surface area contributed by atoms with E-state index in [-0.39, 0.29) is 17.2 Å². The molecule has 0 N–H and O–H groups in total. The fourth-order valence-corrected chi connectivity index (χ4v) is 3.18. The van der Waals surface area contributed by atoms with Crippen LogP contribution in [0.1, 0.15) is 21.5 Å². The van der Waals surface area contributed by atoms with Gasteiger partial charge in [-0.1, -0.05) is 35.0 Å². The van der Waals surface area contributed by atoms with E-state index in [2.05, 4.69) is 21.1 Å². The molecule has 3 rings (SSSR count). The Labute approximate surface area is 186 Å². The Bertz CT molecular complexity index is 1070. The lowest BCUT2D eigenvalue weighted by molar-refractivity contribution is 0.0518. The number of ether oxygens (including phenoxy) is 2. The highest BCUT2D eigenvalue weighted by atomic mass is 79.9. The fraction of sp³-hybridized carbons (Fsp3) is 0.0909. The van der Waals surface area contributed by atoms with Crippen molar-refractivity contribution in [1.29, 1.82) is 0 Å². The highest BCUT2D eigenvalue weighted by Crippen LogP contribution is 2.30. The Hall–Kier alpha value is -2.90. The molecular weight excluding hydrogens is 477 g/mol. The Morgan fingerprint density at radius 1 is 1.13 bits per heavy atom. The zero-order chi connectivity index (χ0) is 21.5. The second-order valence-corrected chi connectivity index (χ2v) is 7.25. The summed E-state index contributed by atoms with van der Waals surface area (Å²) in [6, 6.07) is 16.3. The lowest BCUT2D eigenvalue weighted by Crippen LogP contribution is -2.02. The quantitative estimate of drug-likeness (QED) is 0.230. The van der Waals surface area contributed by atoms with Gasteiger partial charge in [-0.3, -0.25) is 0 Å². The third kappa shape index (κ3) is 5.37. The predicted molar refractivity (Wildman–Crippen MR) is 116 cm³/mol. The van der Waals surface area contributed by atoms with Crippen LogP contribution in [0.2, 0.25) is 5.02 Å². The predicted octanol–water partition coefficient (Wildman–Crippen LogP) is 6.02. The van der Waals surface area contributed by atoms with Gasteiger partial charge in [0.15, 0.2) is 11.5 Å². The highest BCUT2D eigenvalue weighted by Gasteiger charge is 2.12. The summed E-state index contributed by atoms with van der Waals surface area (Å²) in [4.78, 5) is 17.0. The van der Waals surface area contributed by atoms with Gasteiger partial charge in [0.25, 0.3) is 0 Å². The molecular formula is C22H16BrClFNO4. The van der Waals surface area contributed by atoms with E-state index in [1.165, 1.54) is 25.5 Å². The van der Waals surface area contributed by atoms with E-state index in [1.807, 2.05) is 0 Å². The van der Waals surface area contributed by atoms with Crippen molar-refractivity contribution in [3.05, 3.63) is 92.7 Å². The van der Waals surface area contributed by atoms with Gasteiger partial charge >= 0.3 is 5.97 Å². The number of nitrogens with zero attached hydrogens (tertiary/aromatic N) is 1. The molecule has 0 unspecified atom stereocenters. The van der Waals surface area contributed by atoms with Crippen LogP contribution in [0.4, 0.5) is 4.39 Å². The van der Waals surface area contributed by atoms with Crippen molar-refractivity contribution in [3.63, 3.8) is 0 Å². The highest BCUT2D eigenvalue weighted by molar-refractivity contribution is 9.10. The topological polar surface area (TPSA) is 57.1 Å². The number of hydrogen-bond donors (Lipinski definition) is 0. The van der Waals surface area contributed by atoms with Crippen LogP contribution in [-0.4, -0.2) is 19.3 Å². The maximum Gasteiger partial charge on any atom is 0.366 e. The number of hydrogen-bond acceptors (Lipinski definition) is 5. The van der Waals surface area contributed by atoms with Crippen LogP contribution in [0.25, 0.3) is 0 Å². The van der Waals surface area contributed by atoms with E-state index in [0.29, 0.717) is 27.1 Å². The fourth-order valence-electron chi connectivity index (χ4n) is 2.51. The zero-order valence-corrected chi connectivity index (χ0v) is 18.1. The van der Waals surface area contributed by atoms with E-state index >= 15 is 0 Å². The van der Waals surface area contributed by atoms with Crippen molar-refractivity contribution in [3.8, 4) is 11.5 Å². The number of oxime groups is 1. The summed E-state index contributed by atoms with van der Waals surface area (Å²) in [5.41, 5.74) is 1.23. The molecule has 3 aromatic carbocycles. The number of halogens is 3. The summed E-state index contributed by atoms with van der Waals surface area (Å²) in [5.74, 6) is -0.229. The first-order valence-corrected chi connectivity index (χ1v) is 9.89. The van der Waals surface area contributed by atoms with Crippen LogP contribution in [0.3, 0.4) is 0 Å². The molecule has 0 aliphatic carbocycles. The smallest absolute Gasteiger partial charge is 0.366 e. The van der Waals surface area contributed by atoms with E-state index in [4.69, 9.17) is 25.9 Å². The Morgan fingerprint density at radius 3 is 2.67 bits per heavy atom. The molecule has 0 saturated carbocycles. The molecule has 0 heterocycles. The molecule has 3 aromatic rings. The van der Waals surface area contributed by atoms with Gasteiger partial charge in [-0.2, -0.15) is 0 Å². The maximum absolute atomic E-state index is 13.9. The molecule has 0 spiro atoms. The van der Waals surface area contributed by atoms with E-state index in [1.54, 1.807) is 48.5 Å². The molecule has 0 fully saturated rings. The van der Waals surface area contributed by atoms with Gasteiger partial charge in [-0.05, 0) is 58.4 Å². The van der Waals surface area contributed by atoms with Gasteiger partial charge in [0.05, 0.1) is 23.9 Å². The van der Waals surface area contributed by atoms with E-state index in [9.17, 15) is 9.18 Å². The number of carbonyl (C=O) groups is 1. The Balaban J connectivity index is 1.67. The minimum atomic E-state index is -0.590. The molecule has 0 aliphatic heterocycles. The van der Waals surface area contributed by atoms with Crippen molar-refractivity contribution in [2.45, 2.75) is 6.61 Å². The molecule has 0 aromatic heterocycles. The standard InChI is InChI=1S/C22H16BrClFNO4/c1-28-21-11-14(12-26-30-22(27)15-5-2-3-6-17(15)23)9-10-20(21)29-13-16-18(24)7-4-8-19(16)25/h2-12H,13H2,1H3/b26-12-. The van der Waals surface area contributed by atoms with E-state index in [0.717, 1.165) is 0 Å². The minimum Gasteiger partial charge on any atom is -0.493 e. The summed E-state index contributed by atoms with van der Waals surface area (Å²) >= 11 is 9.30. The van der Waals surface area contributed by atoms with Gasteiger partial charge in [-0.25, -0.2) is 9.18 Å². The van der Waals surface area contributed by atoms with Crippen LogP contribution < -0.4 is 9.47 Å². The van der Waals surface area contributed by atoms with Crippen molar-refractivity contribution < 1.29 is 23.5 Å². The van der Waals surface area contributed by atoms with Crippen molar-refractivity contribution >= 4 is 39.7 Å². The molecule has 0 bridgehead atoms. The monoisotopic (exact) mass is 491 g/mol. The minimum absolute atomic E-state index is 0.0567. The van der Waals surface area contributed by atoms with Gasteiger partial charge in [0.1, 0.15) is 12.4 Å². The second kappa shape index (κ2) is 10.2. The van der Waals surface area contributed by atoms with Gasteiger partial charge < -0.3 is 14.3 Å². The molecule has 154 valence electrons. The summed E-state index contributed by atoms with van der Waals surface area (Å²) < 4.78 is 25.5. The lowest BCUT2D eigenvalue weighted by atomic mass is 10.2. The zero-order valence-electron chi connectivity index (χ0n) is 15.8. The third-order valence-electron chi connectivity index (χ3n) is 4.05. The molecule has 30 heavy (non-hydrogen) atoms. The van der Waals surface area contributed by atoms with Crippen LogP contribution in [0.15, 0.2) is 70.3 Å². The first-order chi connectivity index (χ1) is 14.5. The van der Waals surface area contributed by atoms with Gasteiger partial charge in [0.2, 0.25) is 0 Å². The summed E-state index contributed by atoms with van der Waals surface area (Å²) in [6.45, 7) is -0.0567. The summed E-state index contributed by atoms with van der Waals surface area (Å²) in [7, 11) is 1.48. The number of rotatable bonds is 7. The summed E-state index contributed by atoms with van der Waals surface area (Å²) in [6.07, 6.45) is 1.37. The number of methoxy groups -OCH3 is 1. The van der Waals surface area contributed by atoms with Gasteiger partial charge in [0, 0.05) is 15.6 Å². The normalized spacial score (nSPS) is 10.8. The van der Waals surface area contributed by atoms with Crippen LogP contribution >= 0.6 is 27.5 Å². The molecule has 8 heteroatoms. The SMILES string of the molecule is COc1cc(/C=N\OC(=O)c2ccccc2Br)ccc1OCc1c(F)cccc1Cl. The van der Waals surface area contributed by atoms with Gasteiger partial charge in [-0.15, -0.1) is 0 Å². The molecule has 0 amide bonds. The van der Waals surface area contributed by atoms with Crippen molar-refractivity contribution in [2.75, 3.05) is 7.11 Å². The first kappa shape index (κ1) is 21.8. The largest absolute Gasteiger partial charge is 0.493 e. The van der Waals surface area contributed by atoms with Crippen LogP contribution in [0.5, 0.6) is 11.5 Å². The number of benzene rings is 3. The maximum atomic E-state index is 13.9. The van der Waals surface area contributed by atoms with E-state index < -0.39 is 11.8 Å². The van der Waals surface area contributed by atoms with Crippen LogP contribution in [0, 0.1) is 5.82 Å². The first-order valence-electron chi connectivity index (χ1n) is 8.72. The molecule has 0 saturated heterocycles. The Morgan fingerprint density at radius 2 is 1.93 bits per heavy atom. The third-order valence-corrected chi connectivity index (χ3v) is 5.10. The van der Waals surface area contributed by atoms with Crippen LogP contribution in [-0.2, 0) is 11.4 Å². The average Bonchev–Trinajstić information content (AvgIpc) is 2.74. The summed E-state index contributed by atoms with van der Waals surface area (Å²) in [5, 5.41) is 4.00. The second-order valence-electron chi connectivity index (χ2n) is 5.99. The van der Waals surface area contributed by atoms with Crippen molar-refractivity contribution in [2.24, 2.45) is 5.16 Å². The lowest BCUT2D eigenvalue weighted by Gasteiger charge is -2.12. The molecule has 5 nitrogen and oxygen atoms in total. The Kier molecular flexibility index (Phi) is 7.43. The molecule has 0 aliphatic rings. The molecule has 0 radical (unpaired) electrons. The number of carbonyl (C=O) groups excluding carboxylic acids is 1.